The fourth-order valence-electron chi connectivity index (χ4n) is 1.26. The van der Waals surface area contributed by atoms with Crippen molar-refractivity contribution in [2.45, 2.75) is 0 Å². The molecule has 0 bridgehead atoms. The molecule has 2 aromatic rings. The molecular weight excluding hydrogens is 272 g/mol. The largest absolute Gasteiger partial charge is 0.504 e. The lowest BCUT2D eigenvalue weighted by atomic mass is 10.2. The molecule has 1 heterocycles. The minimum atomic E-state index is -0.524. The van der Waals surface area contributed by atoms with Crippen LogP contribution in [-0.4, -0.2) is 26.6 Å². The summed E-state index contributed by atoms with van der Waals surface area (Å²) in [5, 5.41) is 27.9. The van der Waals surface area contributed by atoms with Gasteiger partial charge in [-0.3, -0.25) is 10.2 Å². The molecule has 4 N–H and O–H groups in total. The van der Waals surface area contributed by atoms with Gasteiger partial charge in [-0.05, 0) is 23.8 Å². The van der Waals surface area contributed by atoms with Crippen molar-refractivity contribution in [3.05, 3.63) is 45.3 Å². The molecule has 0 saturated carbocycles. The number of hydrazone groups is 1. The third-order valence-corrected chi connectivity index (χ3v) is 2.57. The second-order valence-electron chi connectivity index (χ2n) is 3.54. The van der Waals surface area contributed by atoms with Gasteiger partial charge in [0.15, 0.2) is 11.5 Å². The van der Waals surface area contributed by atoms with Gasteiger partial charge in [-0.15, -0.1) is 0 Å². The van der Waals surface area contributed by atoms with E-state index in [2.05, 4.69) is 20.7 Å². The van der Waals surface area contributed by atoms with Gasteiger partial charge in [-0.1, -0.05) is 11.6 Å². The number of nitrogens with zero attached hydrogens (tertiary/aromatic N) is 2. The summed E-state index contributed by atoms with van der Waals surface area (Å²) in [4.78, 5) is 11.2. The minimum absolute atomic E-state index is 0.0549. The van der Waals surface area contributed by atoms with Crippen molar-refractivity contribution < 1.29 is 10.2 Å². The van der Waals surface area contributed by atoms with Crippen LogP contribution in [0.15, 0.2) is 34.3 Å². The SMILES string of the molecule is O=c1[nH]ncc(N/N=C\c2ccc(O)c(O)c2)c1Cl. The Morgan fingerprint density at radius 3 is 2.89 bits per heavy atom. The van der Waals surface area contributed by atoms with E-state index in [1.807, 2.05) is 0 Å². The molecule has 0 radical (unpaired) electrons. The van der Waals surface area contributed by atoms with Gasteiger partial charge in [-0.25, -0.2) is 5.10 Å². The molecule has 0 amide bonds. The van der Waals surface area contributed by atoms with Crippen LogP contribution < -0.4 is 11.0 Å². The van der Waals surface area contributed by atoms with E-state index in [0.717, 1.165) is 0 Å². The van der Waals surface area contributed by atoms with Crippen LogP contribution in [0, 0.1) is 0 Å². The average molecular weight is 281 g/mol. The van der Waals surface area contributed by atoms with Crippen LogP contribution in [0.2, 0.25) is 5.02 Å². The molecule has 2 rings (SSSR count). The number of benzene rings is 1. The summed E-state index contributed by atoms with van der Waals surface area (Å²) >= 11 is 5.73. The van der Waals surface area contributed by atoms with E-state index in [4.69, 9.17) is 16.7 Å². The van der Waals surface area contributed by atoms with Crippen LogP contribution in [0.3, 0.4) is 0 Å². The first kappa shape index (κ1) is 12.9. The zero-order chi connectivity index (χ0) is 13.8. The number of hydrogen-bond acceptors (Lipinski definition) is 6. The van der Waals surface area contributed by atoms with Crippen LogP contribution in [0.1, 0.15) is 5.56 Å². The zero-order valence-electron chi connectivity index (χ0n) is 9.46. The minimum Gasteiger partial charge on any atom is -0.504 e. The summed E-state index contributed by atoms with van der Waals surface area (Å²) in [5.41, 5.74) is 2.83. The number of aromatic hydroxyl groups is 2. The fourth-order valence-corrected chi connectivity index (χ4v) is 1.39. The molecule has 0 aliphatic carbocycles. The second-order valence-corrected chi connectivity index (χ2v) is 3.92. The number of aromatic nitrogens is 2. The number of nitrogens with one attached hydrogen (secondary N) is 2. The lowest BCUT2D eigenvalue weighted by Crippen LogP contribution is -2.10. The van der Waals surface area contributed by atoms with Crippen molar-refractivity contribution in [2.24, 2.45) is 5.10 Å². The lowest BCUT2D eigenvalue weighted by molar-refractivity contribution is 0.403. The van der Waals surface area contributed by atoms with E-state index in [1.165, 1.54) is 24.5 Å². The van der Waals surface area contributed by atoms with Gasteiger partial charge in [0.2, 0.25) is 0 Å². The second kappa shape index (κ2) is 5.40. The number of aromatic amines is 1. The first-order valence-corrected chi connectivity index (χ1v) is 5.50. The molecule has 0 aliphatic rings. The molecule has 0 spiro atoms. The van der Waals surface area contributed by atoms with Gasteiger partial charge in [0.05, 0.1) is 12.4 Å². The van der Waals surface area contributed by atoms with Crippen LogP contribution >= 0.6 is 11.6 Å². The summed E-state index contributed by atoms with van der Waals surface area (Å²) < 4.78 is 0. The Bertz CT molecular complexity index is 684. The summed E-state index contributed by atoms with van der Waals surface area (Å²) in [6.45, 7) is 0. The Balaban J connectivity index is 2.13. The molecule has 0 saturated heterocycles. The van der Waals surface area contributed by atoms with Crippen LogP contribution in [-0.2, 0) is 0 Å². The number of H-pyrrole nitrogens is 1. The predicted molar refractivity (Wildman–Crippen MR) is 70.9 cm³/mol. The third kappa shape index (κ3) is 3.02. The maximum atomic E-state index is 11.2. The molecule has 0 aliphatic heterocycles. The first-order valence-electron chi connectivity index (χ1n) is 5.12. The Morgan fingerprint density at radius 1 is 1.37 bits per heavy atom. The molecule has 1 aromatic heterocycles. The quantitative estimate of drug-likeness (QED) is 0.384. The van der Waals surface area contributed by atoms with Crippen molar-refractivity contribution in [1.29, 1.82) is 0 Å². The highest BCUT2D eigenvalue weighted by Gasteiger charge is 2.03. The van der Waals surface area contributed by atoms with E-state index in [-0.39, 0.29) is 22.2 Å². The maximum absolute atomic E-state index is 11.2. The van der Waals surface area contributed by atoms with Crippen molar-refractivity contribution in [3.8, 4) is 11.5 Å². The van der Waals surface area contributed by atoms with Crippen molar-refractivity contribution >= 4 is 23.5 Å². The number of anilines is 1. The highest BCUT2D eigenvalue weighted by atomic mass is 35.5. The molecule has 19 heavy (non-hydrogen) atoms. The normalized spacial score (nSPS) is 10.8. The summed E-state index contributed by atoms with van der Waals surface area (Å²) in [7, 11) is 0. The van der Waals surface area contributed by atoms with Crippen molar-refractivity contribution in [1.82, 2.24) is 10.2 Å². The Hall–Kier alpha value is -2.54. The van der Waals surface area contributed by atoms with Gasteiger partial charge >= 0.3 is 0 Å². The standard InChI is InChI=1S/C11H9ClN4O3/c12-10-7(5-14-16-11(10)19)15-13-4-6-1-2-8(17)9(18)3-6/h1-5,17-18H,(H2,15,16,19)/b13-4-. The summed E-state index contributed by atoms with van der Waals surface area (Å²) in [5.74, 6) is -0.466. The lowest BCUT2D eigenvalue weighted by Gasteiger charge is -2.01. The molecular formula is C11H9ClN4O3. The summed E-state index contributed by atoms with van der Waals surface area (Å²) in [6, 6.07) is 4.22. The molecule has 7 nitrogen and oxygen atoms in total. The molecule has 98 valence electrons. The molecule has 0 atom stereocenters. The number of phenolic OH excluding ortho intramolecular Hbond substituents is 2. The number of phenols is 2. The van der Waals surface area contributed by atoms with E-state index < -0.39 is 5.56 Å². The Morgan fingerprint density at radius 2 is 2.16 bits per heavy atom. The Labute approximate surface area is 112 Å². The highest BCUT2D eigenvalue weighted by Crippen LogP contribution is 2.24. The monoisotopic (exact) mass is 280 g/mol. The van der Waals surface area contributed by atoms with Crippen molar-refractivity contribution in [3.63, 3.8) is 0 Å². The average Bonchev–Trinajstić information content (AvgIpc) is 2.39. The van der Waals surface area contributed by atoms with Crippen LogP contribution in [0.4, 0.5) is 5.69 Å². The zero-order valence-corrected chi connectivity index (χ0v) is 10.2. The van der Waals surface area contributed by atoms with Gasteiger partial charge in [0, 0.05) is 0 Å². The summed E-state index contributed by atoms with van der Waals surface area (Å²) in [6.07, 6.45) is 2.70. The molecule has 8 heteroatoms. The molecule has 0 fully saturated rings. The van der Waals surface area contributed by atoms with E-state index in [9.17, 15) is 9.90 Å². The van der Waals surface area contributed by atoms with Gasteiger partial charge < -0.3 is 10.2 Å². The van der Waals surface area contributed by atoms with Crippen LogP contribution in [0.5, 0.6) is 11.5 Å². The van der Waals surface area contributed by atoms with E-state index >= 15 is 0 Å². The molecule has 1 aromatic carbocycles. The smallest absolute Gasteiger partial charge is 0.285 e. The highest BCUT2D eigenvalue weighted by molar-refractivity contribution is 6.32. The van der Waals surface area contributed by atoms with E-state index in [1.54, 1.807) is 6.07 Å². The maximum Gasteiger partial charge on any atom is 0.285 e. The number of rotatable bonds is 3. The van der Waals surface area contributed by atoms with Crippen LogP contribution in [0.25, 0.3) is 0 Å². The molecule has 0 unspecified atom stereocenters. The fraction of sp³-hybridized carbons (Fsp3) is 0. The van der Waals surface area contributed by atoms with Crippen molar-refractivity contribution in [2.75, 3.05) is 5.43 Å². The number of halogens is 1. The third-order valence-electron chi connectivity index (χ3n) is 2.19. The first-order chi connectivity index (χ1) is 9.08. The Kier molecular flexibility index (Phi) is 3.67. The predicted octanol–water partition coefficient (Wildman–Crippen LogP) is 1.28. The van der Waals surface area contributed by atoms with Gasteiger partial charge in [0.25, 0.3) is 5.56 Å². The number of hydrogen-bond donors (Lipinski definition) is 4. The van der Waals surface area contributed by atoms with E-state index in [0.29, 0.717) is 5.56 Å². The van der Waals surface area contributed by atoms with Gasteiger partial charge in [-0.2, -0.15) is 10.2 Å². The van der Waals surface area contributed by atoms with Gasteiger partial charge in [0.1, 0.15) is 10.7 Å². The topological polar surface area (TPSA) is 111 Å².